The average Bonchev–Trinajstić information content (AvgIpc) is 3.09. The van der Waals surface area contributed by atoms with Crippen LogP contribution in [0.15, 0.2) is 42.5 Å². The van der Waals surface area contributed by atoms with E-state index < -0.39 is 0 Å². The molecule has 0 radical (unpaired) electrons. The van der Waals surface area contributed by atoms with Gasteiger partial charge in [-0.25, -0.2) is 4.68 Å². The van der Waals surface area contributed by atoms with Gasteiger partial charge in [0.2, 0.25) is 4.77 Å². The highest BCUT2D eigenvalue weighted by Gasteiger charge is 2.13. The summed E-state index contributed by atoms with van der Waals surface area (Å²) >= 11 is 5.66. The second kappa shape index (κ2) is 9.07. The molecule has 8 heteroatoms. The van der Waals surface area contributed by atoms with Crippen LogP contribution in [-0.2, 0) is 18.0 Å². The number of morpholine rings is 1. The van der Waals surface area contributed by atoms with Crippen LogP contribution in [0.1, 0.15) is 16.7 Å². The number of rotatable bonds is 6. The van der Waals surface area contributed by atoms with E-state index in [1.165, 1.54) is 11.3 Å². The summed E-state index contributed by atoms with van der Waals surface area (Å²) in [5, 5.41) is 8.61. The number of aromatic nitrogens is 4. The Morgan fingerprint density at radius 3 is 2.33 bits per heavy atom. The fraction of sp³-hybridized carbons (Fsp3) is 0.409. The van der Waals surface area contributed by atoms with Gasteiger partial charge in [0, 0.05) is 25.3 Å². The predicted octanol–water partition coefficient (Wildman–Crippen LogP) is 3.34. The Morgan fingerprint density at radius 1 is 1.00 bits per heavy atom. The first-order valence-electron chi connectivity index (χ1n) is 10.2. The Kier molecular flexibility index (Phi) is 6.26. The maximum absolute atomic E-state index is 5.66. The van der Waals surface area contributed by atoms with Gasteiger partial charge in [-0.05, 0) is 72.4 Å². The van der Waals surface area contributed by atoms with Gasteiger partial charge in [0.25, 0.3) is 0 Å². The van der Waals surface area contributed by atoms with Crippen molar-refractivity contribution in [1.29, 1.82) is 0 Å². The highest BCUT2D eigenvalue weighted by atomic mass is 32.1. The zero-order chi connectivity index (χ0) is 21.1. The smallest absolute Gasteiger partial charge is 0.221 e. The van der Waals surface area contributed by atoms with E-state index in [4.69, 9.17) is 17.0 Å². The number of nitrogens with zero attached hydrogens (tertiary/aromatic N) is 6. The van der Waals surface area contributed by atoms with Crippen LogP contribution in [0.3, 0.4) is 0 Å². The van der Waals surface area contributed by atoms with Crippen LogP contribution in [0.4, 0.5) is 5.69 Å². The van der Waals surface area contributed by atoms with Crippen LogP contribution in [0.2, 0.25) is 0 Å². The highest BCUT2D eigenvalue weighted by molar-refractivity contribution is 7.71. The lowest BCUT2D eigenvalue weighted by atomic mass is 10.1. The Labute approximate surface area is 182 Å². The van der Waals surface area contributed by atoms with E-state index in [0.29, 0.717) is 11.4 Å². The van der Waals surface area contributed by atoms with Gasteiger partial charge in [0.1, 0.15) is 0 Å². The predicted molar refractivity (Wildman–Crippen MR) is 121 cm³/mol. The van der Waals surface area contributed by atoms with Gasteiger partial charge < -0.3 is 9.64 Å². The molecule has 7 nitrogen and oxygen atoms in total. The summed E-state index contributed by atoms with van der Waals surface area (Å²) in [4.78, 5) is 4.55. The minimum atomic E-state index is 0.578. The SMILES string of the molecule is Cc1cccc(C)c1-n1nnn(CN(C)Cc2ccc(N3CCOCC3)cc2)c1=S. The molecule has 0 bridgehead atoms. The minimum Gasteiger partial charge on any atom is -0.378 e. The maximum Gasteiger partial charge on any atom is 0.221 e. The van der Waals surface area contributed by atoms with Crippen molar-refractivity contribution < 1.29 is 4.74 Å². The number of tetrazole rings is 1. The number of aryl methyl sites for hydroxylation is 2. The Hall–Kier alpha value is -2.55. The summed E-state index contributed by atoms with van der Waals surface area (Å²) in [5.74, 6) is 0. The molecule has 1 aromatic heterocycles. The van der Waals surface area contributed by atoms with Crippen molar-refractivity contribution >= 4 is 17.9 Å². The van der Waals surface area contributed by atoms with Crippen LogP contribution in [0.25, 0.3) is 5.69 Å². The second-order valence-electron chi connectivity index (χ2n) is 7.83. The zero-order valence-electron chi connectivity index (χ0n) is 17.8. The van der Waals surface area contributed by atoms with Gasteiger partial charge in [-0.1, -0.05) is 30.3 Å². The highest BCUT2D eigenvalue weighted by Crippen LogP contribution is 2.19. The van der Waals surface area contributed by atoms with Crippen molar-refractivity contribution in [3.63, 3.8) is 0 Å². The summed E-state index contributed by atoms with van der Waals surface area (Å²) in [7, 11) is 2.07. The standard InChI is InChI=1S/C22H28N6OS/c1-17-5-4-6-18(2)21(17)28-22(30)27(23-24-28)16-25(3)15-19-7-9-20(10-8-19)26-11-13-29-14-12-26/h4-10H,11-16H2,1-3H3. The minimum absolute atomic E-state index is 0.578. The van der Waals surface area contributed by atoms with Crippen molar-refractivity contribution in [2.45, 2.75) is 27.1 Å². The lowest BCUT2D eigenvalue weighted by Crippen LogP contribution is -2.36. The molecule has 1 aliphatic heterocycles. The van der Waals surface area contributed by atoms with Crippen LogP contribution in [0, 0.1) is 18.6 Å². The summed E-state index contributed by atoms with van der Waals surface area (Å²) in [5.41, 5.74) is 5.78. The summed E-state index contributed by atoms with van der Waals surface area (Å²) in [6.45, 7) is 9.02. The molecule has 2 heterocycles. The van der Waals surface area contributed by atoms with Crippen LogP contribution < -0.4 is 4.90 Å². The molecule has 0 amide bonds. The average molecular weight is 425 g/mol. The largest absolute Gasteiger partial charge is 0.378 e. The number of ether oxygens (including phenoxy) is 1. The van der Waals surface area contributed by atoms with Gasteiger partial charge in [0.15, 0.2) is 0 Å². The van der Waals surface area contributed by atoms with E-state index in [0.717, 1.165) is 49.7 Å². The molecule has 0 N–H and O–H groups in total. The van der Waals surface area contributed by atoms with E-state index in [1.54, 1.807) is 9.36 Å². The van der Waals surface area contributed by atoms with E-state index >= 15 is 0 Å². The fourth-order valence-corrected chi connectivity index (χ4v) is 4.09. The number of hydrogen-bond donors (Lipinski definition) is 0. The molecule has 0 aliphatic carbocycles. The van der Waals surface area contributed by atoms with E-state index in [9.17, 15) is 0 Å². The molecule has 4 rings (SSSR count). The molecular weight excluding hydrogens is 396 g/mol. The lowest BCUT2D eigenvalue weighted by Gasteiger charge is -2.29. The van der Waals surface area contributed by atoms with Crippen LogP contribution in [-0.4, -0.2) is 58.0 Å². The van der Waals surface area contributed by atoms with Gasteiger partial charge >= 0.3 is 0 Å². The van der Waals surface area contributed by atoms with Crippen molar-refractivity contribution in [3.8, 4) is 5.69 Å². The molecule has 158 valence electrons. The molecule has 3 aromatic rings. The van der Waals surface area contributed by atoms with Crippen molar-refractivity contribution in [2.75, 3.05) is 38.3 Å². The quantitative estimate of drug-likeness (QED) is 0.566. The monoisotopic (exact) mass is 424 g/mol. The van der Waals surface area contributed by atoms with Gasteiger partial charge in [-0.3, -0.25) is 4.90 Å². The molecule has 0 unspecified atom stereocenters. The van der Waals surface area contributed by atoms with E-state index in [2.05, 4.69) is 77.5 Å². The number of anilines is 1. The molecule has 2 aromatic carbocycles. The molecule has 1 fully saturated rings. The lowest BCUT2D eigenvalue weighted by molar-refractivity contribution is 0.122. The van der Waals surface area contributed by atoms with Gasteiger partial charge in [0.05, 0.1) is 25.6 Å². The summed E-state index contributed by atoms with van der Waals surface area (Å²) in [6, 6.07) is 14.9. The fourth-order valence-electron chi connectivity index (χ4n) is 3.87. The van der Waals surface area contributed by atoms with E-state index in [-0.39, 0.29) is 0 Å². The Morgan fingerprint density at radius 2 is 1.67 bits per heavy atom. The van der Waals surface area contributed by atoms with E-state index in [1.807, 2.05) is 6.07 Å². The van der Waals surface area contributed by atoms with Crippen LogP contribution in [0.5, 0.6) is 0 Å². The molecular formula is C22H28N6OS. The number of para-hydroxylation sites is 1. The second-order valence-corrected chi connectivity index (χ2v) is 8.20. The van der Waals surface area contributed by atoms with Crippen LogP contribution >= 0.6 is 12.2 Å². The maximum atomic E-state index is 5.66. The number of hydrogen-bond acceptors (Lipinski definition) is 6. The first-order valence-corrected chi connectivity index (χ1v) is 10.6. The van der Waals surface area contributed by atoms with Crippen molar-refractivity contribution in [1.82, 2.24) is 24.7 Å². The first-order chi connectivity index (χ1) is 14.5. The molecule has 0 spiro atoms. The zero-order valence-corrected chi connectivity index (χ0v) is 18.6. The molecule has 0 saturated carbocycles. The third kappa shape index (κ3) is 4.45. The Balaban J connectivity index is 1.43. The first kappa shape index (κ1) is 20.7. The van der Waals surface area contributed by atoms with Crippen molar-refractivity contribution in [2.24, 2.45) is 0 Å². The van der Waals surface area contributed by atoms with Crippen molar-refractivity contribution in [3.05, 3.63) is 63.9 Å². The number of benzene rings is 2. The molecule has 30 heavy (non-hydrogen) atoms. The van der Waals surface area contributed by atoms with Gasteiger partial charge in [-0.2, -0.15) is 4.68 Å². The molecule has 1 aliphatic rings. The molecule has 1 saturated heterocycles. The third-order valence-corrected chi connectivity index (χ3v) is 5.81. The third-order valence-electron chi connectivity index (χ3n) is 5.43. The summed E-state index contributed by atoms with van der Waals surface area (Å²) in [6.07, 6.45) is 0. The molecule has 0 atom stereocenters. The normalized spacial score (nSPS) is 14.5. The van der Waals surface area contributed by atoms with Gasteiger partial charge in [-0.15, -0.1) is 0 Å². The topological polar surface area (TPSA) is 51.4 Å². The Bertz CT molecular complexity index is 1030. The summed E-state index contributed by atoms with van der Waals surface area (Å²) < 4.78 is 9.56.